The summed E-state index contributed by atoms with van der Waals surface area (Å²) >= 11 is 1.64. The van der Waals surface area contributed by atoms with Gasteiger partial charge in [-0.05, 0) is 26.9 Å². The number of aliphatic hydroxyl groups excluding tert-OH is 1. The molecule has 3 rings (SSSR count). The van der Waals surface area contributed by atoms with Gasteiger partial charge in [0, 0.05) is 29.7 Å². The first kappa shape index (κ1) is 15.0. The quantitative estimate of drug-likeness (QED) is 0.883. The molecule has 0 saturated heterocycles. The van der Waals surface area contributed by atoms with Gasteiger partial charge >= 0.3 is 0 Å². The van der Waals surface area contributed by atoms with E-state index < -0.39 is 0 Å². The first-order valence-corrected chi connectivity index (χ1v) is 8.76. The molecule has 4 nitrogen and oxygen atoms in total. The summed E-state index contributed by atoms with van der Waals surface area (Å²) in [5, 5.41) is 13.0. The third kappa shape index (κ3) is 2.87. The number of aliphatic hydroxyl groups is 1. The predicted octanol–water partition coefficient (Wildman–Crippen LogP) is 2.95. The van der Waals surface area contributed by atoms with Crippen LogP contribution < -0.4 is 0 Å². The highest BCUT2D eigenvalue weighted by Crippen LogP contribution is 2.35. The lowest BCUT2D eigenvalue weighted by Gasteiger charge is -2.43. The Morgan fingerprint density at radius 1 is 1.33 bits per heavy atom. The molecular formula is C16H25N3OS. The van der Waals surface area contributed by atoms with Crippen LogP contribution in [-0.4, -0.2) is 45.1 Å². The van der Waals surface area contributed by atoms with E-state index in [1.165, 1.54) is 25.7 Å². The van der Waals surface area contributed by atoms with Gasteiger partial charge in [0.25, 0.3) is 0 Å². The first-order valence-electron chi connectivity index (χ1n) is 7.88. The van der Waals surface area contributed by atoms with Crippen LogP contribution in [0.2, 0.25) is 0 Å². The summed E-state index contributed by atoms with van der Waals surface area (Å²) in [6.45, 7) is 0. The molecule has 116 valence electrons. The number of hydrogen-bond donors (Lipinski definition) is 1. The smallest absolute Gasteiger partial charge is 0.193 e. The lowest BCUT2D eigenvalue weighted by Crippen LogP contribution is -2.54. The lowest BCUT2D eigenvalue weighted by atomic mass is 9.81. The monoisotopic (exact) mass is 307 g/mol. The molecule has 1 atom stereocenters. The Labute approximate surface area is 130 Å². The Balaban J connectivity index is 1.80. The zero-order chi connectivity index (χ0) is 14.9. The van der Waals surface area contributed by atoms with Crippen LogP contribution in [0, 0.1) is 0 Å². The van der Waals surface area contributed by atoms with Crippen LogP contribution in [0.25, 0.3) is 4.96 Å². The summed E-state index contributed by atoms with van der Waals surface area (Å²) in [6, 6.07) is 0. The molecule has 0 radical (unpaired) electrons. The minimum Gasteiger partial charge on any atom is -0.391 e. The second-order valence-corrected chi connectivity index (χ2v) is 7.33. The summed E-state index contributed by atoms with van der Waals surface area (Å²) < 4.78 is 2.04. The van der Waals surface area contributed by atoms with Crippen molar-refractivity contribution >= 4 is 16.3 Å². The predicted molar refractivity (Wildman–Crippen MR) is 86.9 cm³/mol. The van der Waals surface area contributed by atoms with Crippen LogP contribution in [0.4, 0.5) is 0 Å². The molecule has 0 aromatic carbocycles. The number of fused-ring (bicyclic) bond motifs is 1. The standard InChI is InChI=1S/C16H25N3OS/c1-18(2)16(7-5-3-4-6-8-16)14(20)11-13-12-19-9-10-21-15(19)17-13/h9-10,12,14,20H,3-8,11H2,1-2H3. The molecule has 0 bridgehead atoms. The van der Waals surface area contributed by atoms with Gasteiger partial charge in [0.15, 0.2) is 4.96 Å². The maximum Gasteiger partial charge on any atom is 0.193 e. The maximum atomic E-state index is 10.9. The van der Waals surface area contributed by atoms with Crippen molar-refractivity contribution in [1.82, 2.24) is 14.3 Å². The fourth-order valence-electron chi connectivity index (χ4n) is 3.68. The van der Waals surface area contributed by atoms with Crippen molar-refractivity contribution in [3.63, 3.8) is 0 Å². The van der Waals surface area contributed by atoms with Crippen molar-refractivity contribution in [2.75, 3.05) is 14.1 Å². The summed E-state index contributed by atoms with van der Waals surface area (Å²) in [5.41, 5.74) is 0.910. The van der Waals surface area contributed by atoms with Crippen molar-refractivity contribution in [1.29, 1.82) is 0 Å². The molecular weight excluding hydrogens is 282 g/mol. The number of thiazole rings is 1. The van der Waals surface area contributed by atoms with E-state index in [0.717, 1.165) is 23.5 Å². The molecule has 2 aromatic heterocycles. The molecule has 2 heterocycles. The molecule has 0 aliphatic heterocycles. The summed E-state index contributed by atoms with van der Waals surface area (Å²) in [7, 11) is 4.22. The van der Waals surface area contributed by atoms with Gasteiger partial charge in [0.2, 0.25) is 0 Å². The molecule has 1 N–H and O–H groups in total. The van der Waals surface area contributed by atoms with Crippen LogP contribution in [0.1, 0.15) is 44.2 Å². The van der Waals surface area contributed by atoms with E-state index in [2.05, 4.69) is 30.2 Å². The van der Waals surface area contributed by atoms with E-state index in [4.69, 9.17) is 0 Å². The molecule has 21 heavy (non-hydrogen) atoms. The Kier molecular flexibility index (Phi) is 4.33. The van der Waals surface area contributed by atoms with Crippen molar-refractivity contribution in [2.45, 2.75) is 56.6 Å². The molecule has 0 amide bonds. The Bertz CT molecular complexity index is 553. The van der Waals surface area contributed by atoms with Gasteiger partial charge in [-0.2, -0.15) is 0 Å². The number of likely N-dealkylation sites (N-methyl/N-ethyl adjacent to an activating group) is 1. The fraction of sp³-hybridized carbons (Fsp3) is 0.688. The molecule has 0 spiro atoms. The largest absolute Gasteiger partial charge is 0.391 e. The second kappa shape index (κ2) is 6.07. The number of aromatic nitrogens is 2. The Morgan fingerprint density at radius 3 is 2.67 bits per heavy atom. The van der Waals surface area contributed by atoms with E-state index in [0.29, 0.717) is 6.42 Å². The molecule has 1 aliphatic carbocycles. The lowest BCUT2D eigenvalue weighted by molar-refractivity contribution is -0.0178. The Morgan fingerprint density at radius 2 is 2.05 bits per heavy atom. The molecule has 1 unspecified atom stereocenters. The third-order valence-corrected chi connectivity index (χ3v) is 5.80. The first-order chi connectivity index (χ1) is 10.1. The highest BCUT2D eigenvalue weighted by molar-refractivity contribution is 7.15. The summed E-state index contributed by atoms with van der Waals surface area (Å²) in [6.07, 6.45) is 11.6. The second-order valence-electron chi connectivity index (χ2n) is 6.46. The van der Waals surface area contributed by atoms with Crippen LogP contribution in [0.5, 0.6) is 0 Å². The van der Waals surface area contributed by atoms with Crippen molar-refractivity contribution in [3.05, 3.63) is 23.5 Å². The van der Waals surface area contributed by atoms with E-state index in [9.17, 15) is 5.11 Å². The van der Waals surface area contributed by atoms with Gasteiger partial charge in [-0.15, -0.1) is 11.3 Å². The minimum atomic E-state index is -0.352. The fourth-order valence-corrected chi connectivity index (χ4v) is 4.40. The Hall–Kier alpha value is -0.910. The van der Waals surface area contributed by atoms with Crippen molar-refractivity contribution in [2.24, 2.45) is 0 Å². The normalized spacial score (nSPS) is 20.8. The summed E-state index contributed by atoms with van der Waals surface area (Å²) in [5.74, 6) is 0. The van der Waals surface area contributed by atoms with E-state index in [1.807, 2.05) is 16.0 Å². The highest BCUT2D eigenvalue weighted by Gasteiger charge is 2.40. The number of hydrogen-bond acceptors (Lipinski definition) is 4. The van der Waals surface area contributed by atoms with Crippen LogP contribution in [-0.2, 0) is 6.42 Å². The van der Waals surface area contributed by atoms with Gasteiger partial charge in [0.05, 0.1) is 11.8 Å². The number of rotatable bonds is 4. The molecule has 1 aliphatic rings. The van der Waals surface area contributed by atoms with Gasteiger partial charge in [-0.1, -0.05) is 25.7 Å². The van der Waals surface area contributed by atoms with Crippen LogP contribution >= 0.6 is 11.3 Å². The van der Waals surface area contributed by atoms with Crippen LogP contribution in [0.3, 0.4) is 0 Å². The molecule has 2 aromatic rings. The van der Waals surface area contributed by atoms with Gasteiger partial charge < -0.3 is 10.0 Å². The SMILES string of the molecule is CN(C)C1(C(O)Cc2cn3ccsc3n2)CCCCCC1. The van der Waals surface area contributed by atoms with Crippen molar-refractivity contribution in [3.8, 4) is 0 Å². The molecule has 1 saturated carbocycles. The van der Waals surface area contributed by atoms with E-state index in [-0.39, 0.29) is 11.6 Å². The molecule has 1 fully saturated rings. The minimum absolute atomic E-state index is 0.0897. The maximum absolute atomic E-state index is 10.9. The topological polar surface area (TPSA) is 40.8 Å². The summed E-state index contributed by atoms with van der Waals surface area (Å²) in [4.78, 5) is 7.89. The number of imidazole rings is 1. The van der Waals surface area contributed by atoms with Crippen molar-refractivity contribution < 1.29 is 5.11 Å². The molecule has 5 heteroatoms. The number of nitrogens with zero attached hydrogens (tertiary/aromatic N) is 3. The van der Waals surface area contributed by atoms with Gasteiger partial charge in [0.1, 0.15) is 0 Å². The zero-order valence-electron chi connectivity index (χ0n) is 13.0. The third-order valence-electron chi connectivity index (χ3n) is 5.03. The average Bonchev–Trinajstić information content (AvgIpc) is 2.91. The van der Waals surface area contributed by atoms with Gasteiger partial charge in [-0.3, -0.25) is 4.40 Å². The highest BCUT2D eigenvalue weighted by atomic mass is 32.1. The van der Waals surface area contributed by atoms with E-state index >= 15 is 0 Å². The average molecular weight is 307 g/mol. The van der Waals surface area contributed by atoms with E-state index in [1.54, 1.807) is 11.3 Å². The van der Waals surface area contributed by atoms with Crippen LogP contribution in [0.15, 0.2) is 17.8 Å². The van der Waals surface area contributed by atoms with Gasteiger partial charge in [-0.25, -0.2) is 4.98 Å². The zero-order valence-corrected chi connectivity index (χ0v) is 13.8.